The molecule has 1 aliphatic heterocycles. The average molecular weight is 482 g/mol. The number of nitrogens with one attached hydrogen (secondary N) is 3. The fraction of sp³-hybridized carbons (Fsp3) is 0.214. The maximum absolute atomic E-state index is 13.1. The number of fused-ring (bicyclic) bond motifs is 2. The van der Waals surface area contributed by atoms with Gasteiger partial charge in [0.05, 0.1) is 28.3 Å². The van der Waals surface area contributed by atoms with Gasteiger partial charge in [0, 0.05) is 13.5 Å². The molecule has 0 saturated carbocycles. The Morgan fingerprint density at radius 2 is 1.72 bits per heavy atom. The van der Waals surface area contributed by atoms with E-state index in [1.807, 2.05) is 66.2 Å². The molecule has 3 aromatic carbocycles. The number of carbonyl (C=O) groups is 3. The molecule has 2 heterocycles. The summed E-state index contributed by atoms with van der Waals surface area (Å²) in [6, 6.07) is 23.5. The zero-order valence-corrected chi connectivity index (χ0v) is 19.9. The summed E-state index contributed by atoms with van der Waals surface area (Å²) in [5, 5.41) is 8.64. The molecule has 5 rings (SSSR count). The molecular formula is C28H27N5O3. The minimum absolute atomic E-state index is 0.0734. The Kier molecular flexibility index (Phi) is 6.49. The molecule has 1 aromatic heterocycles. The number of anilines is 1. The van der Waals surface area contributed by atoms with Crippen molar-refractivity contribution in [2.45, 2.75) is 31.3 Å². The van der Waals surface area contributed by atoms with Crippen LogP contribution in [0.25, 0.3) is 11.0 Å². The Balaban J connectivity index is 1.31. The molecule has 0 radical (unpaired) electrons. The van der Waals surface area contributed by atoms with Crippen LogP contribution < -0.4 is 16.0 Å². The molecule has 0 aliphatic carbocycles. The molecule has 36 heavy (non-hydrogen) atoms. The van der Waals surface area contributed by atoms with Gasteiger partial charge in [-0.1, -0.05) is 54.6 Å². The van der Waals surface area contributed by atoms with Crippen LogP contribution in [0.3, 0.4) is 0 Å². The number of benzene rings is 3. The first kappa shape index (κ1) is 23.3. The number of hydrogen-bond acceptors (Lipinski definition) is 4. The lowest BCUT2D eigenvalue weighted by atomic mass is 10.0. The van der Waals surface area contributed by atoms with Gasteiger partial charge in [0.25, 0.3) is 5.91 Å². The molecule has 0 bridgehead atoms. The molecule has 0 unspecified atom stereocenters. The van der Waals surface area contributed by atoms with E-state index in [9.17, 15) is 14.4 Å². The lowest BCUT2D eigenvalue weighted by Crippen LogP contribution is -2.42. The van der Waals surface area contributed by atoms with Gasteiger partial charge in [-0.3, -0.25) is 14.4 Å². The predicted molar refractivity (Wildman–Crippen MR) is 137 cm³/mol. The standard InChI is InChI=1S/C28H27N5O3/c1-33-24-14-8-7-13-21(24)30-26(33)23(17-18-9-3-2-4-10-18)29-25(34)16-15-22-28(36)31-20-12-6-5-11-19(20)27(35)32-22/h2-14,22-23H,15-17H2,1H3,(H,29,34)(H,31,36)(H,32,35)/t22-,23-/m0/s1. The topological polar surface area (TPSA) is 105 Å². The highest BCUT2D eigenvalue weighted by Gasteiger charge is 2.28. The first-order valence-corrected chi connectivity index (χ1v) is 11.9. The number of aromatic nitrogens is 2. The van der Waals surface area contributed by atoms with Crippen LogP contribution in [0.15, 0.2) is 78.9 Å². The molecule has 0 saturated heterocycles. The summed E-state index contributed by atoms with van der Waals surface area (Å²) in [7, 11) is 1.94. The lowest BCUT2D eigenvalue weighted by Gasteiger charge is -2.20. The van der Waals surface area contributed by atoms with Crippen LogP contribution in [0.4, 0.5) is 5.69 Å². The largest absolute Gasteiger partial charge is 0.346 e. The first-order valence-electron chi connectivity index (χ1n) is 11.9. The molecule has 8 heteroatoms. The highest BCUT2D eigenvalue weighted by atomic mass is 16.2. The fourth-order valence-electron chi connectivity index (χ4n) is 4.59. The summed E-state index contributed by atoms with van der Waals surface area (Å²) in [6.07, 6.45) is 0.821. The van der Waals surface area contributed by atoms with E-state index in [2.05, 4.69) is 16.0 Å². The van der Waals surface area contributed by atoms with Crippen LogP contribution in [0.2, 0.25) is 0 Å². The van der Waals surface area contributed by atoms with Crippen molar-refractivity contribution >= 4 is 34.4 Å². The van der Waals surface area contributed by atoms with E-state index in [4.69, 9.17) is 4.98 Å². The molecule has 182 valence electrons. The summed E-state index contributed by atoms with van der Waals surface area (Å²) in [6.45, 7) is 0. The van der Waals surface area contributed by atoms with Gasteiger partial charge in [-0.05, 0) is 42.7 Å². The zero-order valence-electron chi connectivity index (χ0n) is 19.9. The van der Waals surface area contributed by atoms with Gasteiger partial charge >= 0.3 is 0 Å². The van der Waals surface area contributed by atoms with E-state index in [-0.39, 0.29) is 36.6 Å². The number of para-hydroxylation sites is 3. The van der Waals surface area contributed by atoms with Gasteiger partial charge in [0.15, 0.2) is 0 Å². The van der Waals surface area contributed by atoms with E-state index < -0.39 is 6.04 Å². The van der Waals surface area contributed by atoms with Crippen LogP contribution >= 0.6 is 0 Å². The SMILES string of the molecule is Cn1c([C@H](Cc2ccccc2)NC(=O)CC[C@@H]2NC(=O)c3ccccc3NC2=O)nc2ccccc21. The molecule has 3 amide bonds. The van der Waals surface area contributed by atoms with Gasteiger partial charge in [0.1, 0.15) is 11.9 Å². The second-order valence-corrected chi connectivity index (χ2v) is 8.93. The van der Waals surface area contributed by atoms with Crippen molar-refractivity contribution in [3.63, 3.8) is 0 Å². The third-order valence-corrected chi connectivity index (χ3v) is 6.46. The van der Waals surface area contributed by atoms with Crippen molar-refractivity contribution in [2.75, 3.05) is 5.32 Å². The quantitative estimate of drug-likeness (QED) is 0.376. The zero-order chi connectivity index (χ0) is 25.1. The Morgan fingerprint density at radius 1 is 1.00 bits per heavy atom. The third-order valence-electron chi connectivity index (χ3n) is 6.46. The number of carbonyl (C=O) groups excluding carboxylic acids is 3. The summed E-state index contributed by atoms with van der Waals surface area (Å²) in [5.74, 6) is -0.135. The molecule has 2 atom stereocenters. The van der Waals surface area contributed by atoms with Crippen LogP contribution in [0.1, 0.15) is 40.6 Å². The summed E-state index contributed by atoms with van der Waals surface area (Å²) >= 11 is 0. The Bertz CT molecular complexity index is 1430. The third kappa shape index (κ3) is 4.84. The first-order chi connectivity index (χ1) is 17.5. The maximum atomic E-state index is 13.1. The van der Waals surface area contributed by atoms with E-state index >= 15 is 0 Å². The van der Waals surface area contributed by atoms with Gasteiger partial charge in [-0.2, -0.15) is 0 Å². The van der Waals surface area contributed by atoms with Gasteiger partial charge in [-0.25, -0.2) is 4.98 Å². The number of amides is 3. The van der Waals surface area contributed by atoms with E-state index in [0.717, 1.165) is 22.4 Å². The number of rotatable bonds is 7. The summed E-state index contributed by atoms with van der Waals surface area (Å²) in [4.78, 5) is 43.2. The molecule has 4 aromatic rings. The molecule has 0 fully saturated rings. The van der Waals surface area contributed by atoms with Crippen molar-refractivity contribution in [1.29, 1.82) is 0 Å². The van der Waals surface area contributed by atoms with E-state index in [1.165, 1.54) is 0 Å². The molecule has 8 nitrogen and oxygen atoms in total. The highest BCUT2D eigenvalue weighted by molar-refractivity contribution is 6.09. The lowest BCUT2D eigenvalue weighted by molar-refractivity contribution is -0.122. The van der Waals surface area contributed by atoms with Crippen LogP contribution in [0.5, 0.6) is 0 Å². The Labute approximate surface area is 208 Å². The van der Waals surface area contributed by atoms with Crippen LogP contribution in [0, 0.1) is 0 Å². The van der Waals surface area contributed by atoms with Crippen molar-refractivity contribution in [2.24, 2.45) is 7.05 Å². The number of aryl methyl sites for hydroxylation is 1. The maximum Gasteiger partial charge on any atom is 0.254 e. The highest BCUT2D eigenvalue weighted by Crippen LogP contribution is 2.23. The molecule has 1 aliphatic rings. The second kappa shape index (κ2) is 10.0. The van der Waals surface area contributed by atoms with Gasteiger partial charge in [0.2, 0.25) is 11.8 Å². The van der Waals surface area contributed by atoms with Crippen LogP contribution in [-0.2, 0) is 23.1 Å². The van der Waals surface area contributed by atoms with Crippen LogP contribution in [-0.4, -0.2) is 33.3 Å². The minimum Gasteiger partial charge on any atom is -0.346 e. The van der Waals surface area contributed by atoms with Crippen molar-refractivity contribution < 1.29 is 14.4 Å². The van der Waals surface area contributed by atoms with Crippen molar-refractivity contribution in [3.05, 3.63) is 95.8 Å². The molecule has 3 N–H and O–H groups in total. The summed E-state index contributed by atoms with van der Waals surface area (Å²) in [5.41, 5.74) is 3.79. The monoisotopic (exact) mass is 481 g/mol. The fourth-order valence-corrected chi connectivity index (χ4v) is 4.59. The van der Waals surface area contributed by atoms with E-state index in [0.29, 0.717) is 17.7 Å². The van der Waals surface area contributed by atoms with E-state index in [1.54, 1.807) is 24.3 Å². The smallest absolute Gasteiger partial charge is 0.254 e. The van der Waals surface area contributed by atoms with Crippen molar-refractivity contribution in [1.82, 2.24) is 20.2 Å². The average Bonchev–Trinajstić information content (AvgIpc) is 3.17. The van der Waals surface area contributed by atoms with Gasteiger partial charge in [-0.15, -0.1) is 0 Å². The predicted octanol–water partition coefficient (Wildman–Crippen LogP) is 3.50. The minimum atomic E-state index is -0.807. The second-order valence-electron chi connectivity index (χ2n) is 8.93. The number of imidazole rings is 1. The molecular weight excluding hydrogens is 454 g/mol. The number of nitrogens with zero attached hydrogens (tertiary/aromatic N) is 2. The summed E-state index contributed by atoms with van der Waals surface area (Å²) < 4.78 is 2.00. The Hall–Kier alpha value is -4.46. The number of hydrogen-bond donors (Lipinski definition) is 3. The normalized spacial score (nSPS) is 16.0. The Morgan fingerprint density at radius 3 is 2.53 bits per heavy atom. The van der Waals surface area contributed by atoms with Crippen molar-refractivity contribution in [3.8, 4) is 0 Å². The molecule has 0 spiro atoms. The van der Waals surface area contributed by atoms with Gasteiger partial charge < -0.3 is 20.5 Å².